The zero-order chi connectivity index (χ0) is 16.7. The number of aromatic nitrogens is 1. The summed E-state index contributed by atoms with van der Waals surface area (Å²) in [6.45, 7) is 0. The maximum absolute atomic E-state index is 12.4. The number of halogens is 3. The smallest absolute Gasteiger partial charge is 0.335 e. The molecule has 0 bridgehead atoms. The second-order valence-electron chi connectivity index (χ2n) is 4.77. The van der Waals surface area contributed by atoms with Gasteiger partial charge in [0, 0.05) is 15.9 Å². The fraction of sp³-hybridized carbons (Fsp3) is 0. The number of hydrogen-bond donors (Lipinski definition) is 1. The minimum Gasteiger partial charge on any atom is -0.478 e. The van der Waals surface area contributed by atoms with Crippen molar-refractivity contribution >= 4 is 56.0 Å². The highest BCUT2D eigenvalue weighted by Gasteiger charge is 2.16. The van der Waals surface area contributed by atoms with Gasteiger partial charge in [-0.15, -0.1) is 0 Å². The fourth-order valence-corrected chi connectivity index (χ4v) is 3.51. The van der Waals surface area contributed by atoms with E-state index in [2.05, 4.69) is 15.9 Å². The summed E-state index contributed by atoms with van der Waals surface area (Å²) in [5.41, 5.74) is 0.411. The lowest BCUT2D eigenvalue weighted by Crippen LogP contribution is -2.18. The number of carboxylic acid groups (broad SMARTS) is 1. The Labute approximate surface area is 149 Å². The van der Waals surface area contributed by atoms with E-state index in [0.29, 0.717) is 31.1 Å². The summed E-state index contributed by atoms with van der Waals surface area (Å²) in [4.78, 5) is 23.7. The van der Waals surface area contributed by atoms with Crippen LogP contribution in [-0.2, 0) is 0 Å². The summed E-state index contributed by atoms with van der Waals surface area (Å²) in [6, 6.07) is 10.8. The number of benzene rings is 2. The van der Waals surface area contributed by atoms with Crippen molar-refractivity contribution in [2.75, 3.05) is 0 Å². The molecule has 3 aromatic rings. The highest BCUT2D eigenvalue weighted by Crippen LogP contribution is 2.32. The molecule has 0 aliphatic carbocycles. The lowest BCUT2D eigenvalue weighted by molar-refractivity contribution is 0.0697. The molecule has 0 saturated heterocycles. The number of fused-ring (bicyclic) bond motifs is 1. The summed E-state index contributed by atoms with van der Waals surface area (Å²) in [5, 5.41) is 10.5. The van der Waals surface area contributed by atoms with Crippen molar-refractivity contribution in [1.29, 1.82) is 0 Å². The molecular weight excluding hydrogens is 405 g/mol. The van der Waals surface area contributed by atoms with Gasteiger partial charge in [-0.05, 0) is 30.3 Å². The molecule has 0 fully saturated rings. The molecule has 2 aromatic carbocycles. The van der Waals surface area contributed by atoms with Gasteiger partial charge in [0.05, 0.1) is 26.8 Å². The van der Waals surface area contributed by atoms with E-state index in [1.807, 2.05) is 0 Å². The van der Waals surface area contributed by atoms with Gasteiger partial charge in [-0.1, -0.05) is 45.2 Å². The van der Waals surface area contributed by atoms with Crippen LogP contribution in [0.5, 0.6) is 0 Å². The first-order valence-electron chi connectivity index (χ1n) is 6.43. The minimum absolute atomic E-state index is 0.0481. The third kappa shape index (κ3) is 2.76. The van der Waals surface area contributed by atoms with E-state index < -0.39 is 5.97 Å². The van der Waals surface area contributed by atoms with Crippen LogP contribution in [-0.4, -0.2) is 15.6 Å². The van der Waals surface area contributed by atoms with Crippen LogP contribution < -0.4 is 5.56 Å². The van der Waals surface area contributed by atoms with Gasteiger partial charge >= 0.3 is 5.97 Å². The third-order valence-corrected chi connectivity index (χ3v) is 4.64. The molecule has 0 aliphatic rings. The molecule has 3 rings (SSSR count). The Bertz CT molecular complexity index is 994. The molecule has 1 aromatic heterocycles. The number of nitrogens with zero attached hydrogens (tertiary/aromatic N) is 1. The normalized spacial score (nSPS) is 10.9. The van der Waals surface area contributed by atoms with E-state index in [1.54, 1.807) is 24.3 Å². The molecule has 4 nitrogen and oxygen atoms in total. The molecular formula is C16H8BrCl2NO3. The van der Waals surface area contributed by atoms with Crippen molar-refractivity contribution in [1.82, 2.24) is 4.57 Å². The molecule has 0 unspecified atom stereocenters. The molecule has 0 spiro atoms. The van der Waals surface area contributed by atoms with E-state index in [1.165, 1.54) is 22.8 Å². The Balaban J connectivity index is 2.52. The van der Waals surface area contributed by atoms with Crippen molar-refractivity contribution in [2.45, 2.75) is 0 Å². The SMILES string of the molecule is O=C(O)c1cc(Br)c2ccc(=O)n(-c3c(Cl)cccc3Cl)c2c1. The van der Waals surface area contributed by atoms with Crippen molar-refractivity contribution in [3.05, 3.63) is 72.9 Å². The quantitative estimate of drug-likeness (QED) is 0.660. The highest BCUT2D eigenvalue weighted by molar-refractivity contribution is 9.10. The number of pyridine rings is 1. The van der Waals surface area contributed by atoms with Gasteiger partial charge in [-0.2, -0.15) is 0 Å². The van der Waals surface area contributed by atoms with Crippen molar-refractivity contribution < 1.29 is 9.90 Å². The van der Waals surface area contributed by atoms with Crippen LogP contribution in [0.1, 0.15) is 10.4 Å². The standard InChI is InChI=1S/C16H8BrCl2NO3/c17-10-6-8(16(22)23)7-13-9(10)4-5-14(21)20(13)15-11(18)2-1-3-12(15)19/h1-7H,(H,22,23). The summed E-state index contributed by atoms with van der Waals surface area (Å²) in [7, 11) is 0. The van der Waals surface area contributed by atoms with Gasteiger partial charge in [0.25, 0.3) is 5.56 Å². The number of hydrogen-bond acceptors (Lipinski definition) is 2. The monoisotopic (exact) mass is 411 g/mol. The maximum Gasteiger partial charge on any atom is 0.335 e. The minimum atomic E-state index is -1.10. The zero-order valence-electron chi connectivity index (χ0n) is 11.4. The first-order valence-corrected chi connectivity index (χ1v) is 7.98. The van der Waals surface area contributed by atoms with E-state index in [9.17, 15) is 14.7 Å². The van der Waals surface area contributed by atoms with Crippen LogP contribution in [0.4, 0.5) is 0 Å². The molecule has 23 heavy (non-hydrogen) atoms. The number of carboxylic acids is 1. The molecule has 0 radical (unpaired) electrons. The van der Waals surface area contributed by atoms with Crippen LogP contribution in [0.3, 0.4) is 0 Å². The molecule has 7 heteroatoms. The van der Waals surface area contributed by atoms with Crippen molar-refractivity contribution in [3.8, 4) is 5.69 Å². The Morgan fingerprint density at radius 1 is 1.09 bits per heavy atom. The van der Waals surface area contributed by atoms with E-state index in [0.717, 1.165) is 0 Å². The third-order valence-electron chi connectivity index (χ3n) is 3.37. The van der Waals surface area contributed by atoms with Crippen LogP contribution in [0.25, 0.3) is 16.6 Å². The van der Waals surface area contributed by atoms with Crippen molar-refractivity contribution in [3.63, 3.8) is 0 Å². The first-order chi connectivity index (χ1) is 10.9. The van der Waals surface area contributed by atoms with E-state index in [-0.39, 0.29) is 11.1 Å². The lowest BCUT2D eigenvalue weighted by atomic mass is 10.1. The summed E-state index contributed by atoms with van der Waals surface area (Å²) < 4.78 is 1.88. The molecule has 116 valence electrons. The van der Waals surface area contributed by atoms with Gasteiger partial charge in [-0.25, -0.2) is 4.79 Å². The van der Waals surface area contributed by atoms with Crippen LogP contribution >= 0.6 is 39.1 Å². The second kappa shape index (κ2) is 6.00. The predicted octanol–water partition coefficient (Wildman–Crippen LogP) is 4.76. The lowest BCUT2D eigenvalue weighted by Gasteiger charge is -2.14. The summed E-state index contributed by atoms with van der Waals surface area (Å²) in [6.07, 6.45) is 0. The van der Waals surface area contributed by atoms with Crippen LogP contribution in [0.2, 0.25) is 10.0 Å². The zero-order valence-corrected chi connectivity index (χ0v) is 14.5. The van der Waals surface area contributed by atoms with Gasteiger partial charge in [0.15, 0.2) is 0 Å². The number of carbonyl (C=O) groups is 1. The number of rotatable bonds is 2. The Hall–Kier alpha value is -1.82. The molecule has 1 N–H and O–H groups in total. The van der Waals surface area contributed by atoms with E-state index in [4.69, 9.17) is 23.2 Å². The number of para-hydroxylation sites is 1. The Morgan fingerprint density at radius 2 is 1.74 bits per heavy atom. The topological polar surface area (TPSA) is 59.3 Å². The molecule has 0 atom stereocenters. The summed E-state index contributed by atoms with van der Waals surface area (Å²) in [5.74, 6) is -1.10. The average Bonchev–Trinajstić information content (AvgIpc) is 2.48. The predicted molar refractivity (Wildman–Crippen MR) is 94.2 cm³/mol. The van der Waals surface area contributed by atoms with Gasteiger partial charge in [0.1, 0.15) is 0 Å². The molecule has 0 aliphatic heterocycles. The van der Waals surface area contributed by atoms with Crippen molar-refractivity contribution in [2.24, 2.45) is 0 Å². The molecule has 0 amide bonds. The van der Waals surface area contributed by atoms with Crippen LogP contribution in [0.15, 0.2) is 51.7 Å². The van der Waals surface area contributed by atoms with Gasteiger partial charge in [-0.3, -0.25) is 9.36 Å². The Morgan fingerprint density at radius 3 is 2.35 bits per heavy atom. The summed E-state index contributed by atoms with van der Waals surface area (Å²) >= 11 is 15.8. The molecule has 1 heterocycles. The van der Waals surface area contributed by atoms with Gasteiger partial charge < -0.3 is 5.11 Å². The average molecular weight is 413 g/mol. The van der Waals surface area contributed by atoms with Crippen LogP contribution in [0, 0.1) is 0 Å². The maximum atomic E-state index is 12.4. The molecule has 0 saturated carbocycles. The van der Waals surface area contributed by atoms with E-state index >= 15 is 0 Å². The fourth-order valence-electron chi connectivity index (χ4n) is 2.36. The first kappa shape index (κ1) is 16.1. The second-order valence-corrected chi connectivity index (χ2v) is 6.44. The highest BCUT2D eigenvalue weighted by atomic mass is 79.9. The Kier molecular flexibility index (Phi) is 4.19. The van der Waals surface area contributed by atoms with Gasteiger partial charge in [0.2, 0.25) is 0 Å². The largest absolute Gasteiger partial charge is 0.478 e. The number of aromatic carboxylic acids is 1.